The number of carboxylic acid groups (broad SMARTS) is 1. The fraction of sp³-hybridized carbons (Fsp3) is 0.333. The first-order valence-electron chi connectivity index (χ1n) is 12.3. The van der Waals surface area contributed by atoms with Gasteiger partial charge in [0.25, 0.3) is 0 Å². The molecule has 1 heterocycles. The van der Waals surface area contributed by atoms with Crippen LogP contribution in [0.2, 0.25) is 18.1 Å². The van der Waals surface area contributed by atoms with E-state index in [1.165, 1.54) is 12.5 Å². The van der Waals surface area contributed by atoms with Crippen molar-refractivity contribution in [2.75, 3.05) is 0 Å². The molecule has 0 spiro atoms. The van der Waals surface area contributed by atoms with Crippen LogP contribution in [0.15, 0.2) is 71.1 Å². The van der Waals surface area contributed by atoms with Gasteiger partial charge in [0, 0.05) is 22.8 Å². The zero-order valence-corrected chi connectivity index (χ0v) is 22.8. The topological polar surface area (TPSA) is 76.7 Å². The molecule has 0 amide bonds. The third-order valence-corrected chi connectivity index (χ3v) is 11.9. The molecule has 0 bridgehead atoms. The highest BCUT2D eigenvalue weighted by atomic mass is 28.4. The molecule has 0 saturated carbocycles. The number of furan rings is 1. The molecule has 0 aliphatic carbocycles. The van der Waals surface area contributed by atoms with E-state index < -0.39 is 26.0 Å². The zero-order valence-electron chi connectivity index (χ0n) is 21.8. The van der Waals surface area contributed by atoms with Gasteiger partial charge in [-0.2, -0.15) is 0 Å². The van der Waals surface area contributed by atoms with Crippen molar-refractivity contribution in [3.63, 3.8) is 0 Å². The Morgan fingerprint density at radius 3 is 2.17 bits per heavy atom. The van der Waals surface area contributed by atoms with Crippen LogP contribution in [-0.4, -0.2) is 25.2 Å². The Balaban J connectivity index is 1.80. The molecule has 1 N–H and O–H groups in total. The van der Waals surface area contributed by atoms with Crippen LogP contribution in [0.3, 0.4) is 0 Å². The Morgan fingerprint density at radius 1 is 0.944 bits per heavy atom. The van der Waals surface area contributed by atoms with Gasteiger partial charge in [0.05, 0.1) is 6.10 Å². The molecule has 188 valence electrons. The van der Waals surface area contributed by atoms with E-state index >= 15 is 0 Å². The van der Waals surface area contributed by atoms with Crippen molar-refractivity contribution >= 4 is 42.0 Å². The van der Waals surface area contributed by atoms with Crippen molar-refractivity contribution in [1.29, 1.82) is 0 Å². The number of aliphatic carboxylic acids is 1. The van der Waals surface area contributed by atoms with Gasteiger partial charge in [0.1, 0.15) is 17.1 Å². The number of carbonyl (C=O) groups is 2. The number of hydrogen-bond acceptors (Lipinski definition) is 4. The van der Waals surface area contributed by atoms with E-state index in [9.17, 15) is 14.7 Å². The lowest BCUT2D eigenvalue weighted by Gasteiger charge is -2.39. The number of ketones is 1. The molecule has 0 fully saturated rings. The Morgan fingerprint density at radius 2 is 1.56 bits per heavy atom. The fourth-order valence-electron chi connectivity index (χ4n) is 4.10. The maximum atomic E-state index is 12.7. The van der Waals surface area contributed by atoms with Gasteiger partial charge >= 0.3 is 5.97 Å². The largest absolute Gasteiger partial charge is 0.481 e. The zero-order chi connectivity index (χ0) is 26.3. The molecule has 0 radical (unpaired) electrons. The van der Waals surface area contributed by atoms with Crippen LogP contribution in [-0.2, 0) is 15.6 Å². The molecule has 36 heavy (non-hydrogen) atoms. The van der Waals surface area contributed by atoms with Crippen LogP contribution in [0.4, 0.5) is 0 Å². The number of carboxylic acids is 1. The van der Waals surface area contributed by atoms with Crippen LogP contribution in [0, 0.1) is 5.92 Å². The molecule has 3 aromatic carbocycles. The maximum absolute atomic E-state index is 12.7. The van der Waals surface area contributed by atoms with Gasteiger partial charge in [-0.25, -0.2) is 0 Å². The molecular weight excluding hydrogens is 468 g/mol. The predicted molar refractivity (Wildman–Crippen MR) is 146 cm³/mol. The van der Waals surface area contributed by atoms with Crippen molar-refractivity contribution in [1.82, 2.24) is 0 Å². The quantitative estimate of drug-likeness (QED) is 0.151. The molecule has 2 unspecified atom stereocenters. The van der Waals surface area contributed by atoms with Crippen LogP contribution in [0.1, 0.15) is 55.3 Å². The summed E-state index contributed by atoms with van der Waals surface area (Å²) in [4.78, 5) is 24.0. The molecule has 0 aliphatic heterocycles. The third kappa shape index (κ3) is 5.15. The Labute approximate surface area is 213 Å². The van der Waals surface area contributed by atoms with E-state index in [-0.39, 0.29) is 11.1 Å². The average molecular weight is 503 g/mol. The first-order chi connectivity index (χ1) is 16.9. The van der Waals surface area contributed by atoms with Crippen LogP contribution < -0.4 is 0 Å². The third-order valence-electron chi connectivity index (χ3n) is 7.42. The van der Waals surface area contributed by atoms with Gasteiger partial charge in [-0.3, -0.25) is 9.59 Å². The lowest BCUT2D eigenvalue weighted by atomic mass is 9.97. The maximum Gasteiger partial charge on any atom is 0.314 e. The summed E-state index contributed by atoms with van der Waals surface area (Å²) in [5, 5.41) is 11.0. The van der Waals surface area contributed by atoms with E-state index in [4.69, 9.17) is 8.84 Å². The van der Waals surface area contributed by atoms with Gasteiger partial charge < -0.3 is 13.9 Å². The molecule has 6 heteroatoms. The summed E-state index contributed by atoms with van der Waals surface area (Å²) < 4.78 is 13.0. The minimum atomic E-state index is -2.08. The van der Waals surface area contributed by atoms with Gasteiger partial charge in [0.15, 0.2) is 14.1 Å². The van der Waals surface area contributed by atoms with Gasteiger partial charge in [-0.15, -0.1) is 0 Å². The molecule has 5 nitrogen and oxygen atoms in total. The molecular formula is C30H34O5Si. The van der Waals surface area contributed by atoms with Crippen molar-refractivity contribution in [2.24, 2.45) is 5.92 Å². The van der Waals surface area contributed by atoms with E-state index in [0.717, 1.165) is 28.3 Å². The van der Waals surface area contributed by atoms with Crippen molar-refractivity contribution in [2.45, 2.75) is 58.4 Å². The smallest absolute Gasteiger partial charge is 0.314 e. The normalized spacial score (nSPS) is 14.2. The number of benzene rings is 3. The van der Waals surface area contributed by atoms with Crippen LogP contribution >= 0.6 is 0 Å². The highest BCUT2D eigenvalue weighted by Crippen LogP contribution is 2.41. The van der Waals surface area contributed by atoms with Gasteiger partial charge in [0.2, 0.25) is 0 Å². The average Bonchev–Trinajstić information content (AvgIpc) is 3.19. The van der Waals surface area contributed by atoms with E-state index in [1.54, 1.807) is 18.2 Å². The summed E-state index contributed by atoms with van der Waals surface area (Å²) in [6, 6.07) is 21.6. The summed E-state index contributed by atoms with van der Waals surface area (Å²) in [6.07, 6.45) is 0.605. The predicted octanol–water partition coefficient (Wildman–Crippen LogP) is 7.80. The van der Waals surface area contributed by atoms with Gasteiger partial charge in [-0.05, 0) is 66.5 Å². The highest BCUT2D eigenvalue weighted by molar-refractivity contribution is 6.74. The lowest BCUT2D eigenvalue weighted by Crippen LogP contribution is -2.42. The minimum absolute atomic E-state index is 0.0600. The minimum Gasteiger partial charge on any atom is -0.481 e. The Bertz CT molecular complexity index is 1410. The monoisotopic (exact) mass is 502 g/mol. The summed E-state index contributed by atoms with van der Waals surface area (Å²) in [6.45, 7) is 12.6. The molecule has 0 saturated heterocycles. The van der Waals surface area contributed by atoms with Crippen molar-refractivity contribution < 1.29 is 23.5 Å². The van der Waals surface area contributed by atoms with Crippen molar-refractivity contribution in [3.8, 4) is 0 Å². The number of hydrogen-bond donors (Lipinski definition) is 1. The summed E-state index contributed by atoms with van der Waals surface area (Å²) in [7, 11) is -2.08. The first kappa shape index (κ1) is 25.9. The van der Waals surface area contributed by atoms with E-state index in [0.29, 0.717) is 11.1 Å². The summed E-state index contributed by atoms with van der Waals surface area (Å²) >= 11 is 0. The molecule has 1 aromatic heterocycles. The van der Waals surface area contributed by atoms with Gasteiger partial charge in [-0.1, -0.05) is 57.2 Å². The molecule has 4 rings (SSSR count). The Kier molecular flexibility index (Phi) is 6.95. The summed E-state index contributed by atoms with van der Waals surface area (Å²) in [5.74, 6) is -2.66. The van der Waals surface area contributed by atoms with Crippen LogP contribution in [0.5, 0.6) is 0 Å². The van der Waals surface area contributed by atoms with E-state index in [2.05, 4.69) is 58.1 Å². The second-order valence-corrected chi connectivity index (χ2v) is 15.8. The molecule has 4 aromatic rings. The highest BCUT2D eigenvalue weighted by Gasteiger charge is 2.39. The standard InChI is InChI=1S/C30H34O5Si/c1-19(29(32)33)28(31)22-13-15-26-24(18-22)23-17-21(12-14-25(23)34-26)27(16-20-10-8-7-9-11-20)35-36(5,6)30(2,3)4/h7-15,17-19,27H,16H2,1-6H3,(H,32,33). The SMILES string of the molecule is CC(C(=O)O)C(=O)c1ccc2oc3ccc(C(Cc4ccccc4)O[Si](C)(C)C(C)(C)C)cc3c2c1. The Hall–Kier alpha value is -3.22. The second-order valence-electron chi connectivity index (χ2n) is 11.0. The van der Waals surface area contributed by atoms with E-state index in [1.807, 2.05) is 24.3 Å². The summed E-state index contributed by atoms with van der Waals surface area (Å²) in [5.41, 5.74) is 3.99. The number of carbonyl (C=O) groups excluding carboxylic acids is 1. The number of Topliss-reactive ketones (excluding diaryl/α,β-unsaturated/α-hetero) is 1. The number of fused-ring (bicyclic) bond motifs is 3. The molecule has 2 atom stereocenters. The molecule has 0 aliphatic rings. The number of rotatable bonds is 8. The first-order valence-corrected chi connectivity index (χ1v) is 15.2. The van der Waals surface area contributed by atoms with Crippen LogP contribution in [0.25, 0.3) is 21.9 Å². The second kappa shape index (κ2) is 9.68. The lowest BCUT2D eigenvalue weighted by molar-refractivity contribution is -0.139. The fourth-order valence-corrected chi connectivity index (χ4v) is 5.38. The van der Waals surface area contributed by atoms with Crippen molar-refractivity contribution in [3.05, 3.63) is 83.4 Å².